The van der Waals surface area contributed by atoms with Crippen LogP contribution in [0.15, 0.2) is 47.4 Å². The highest BCUT2D eigenvalue weighted by Crippen LogP contribution is 2.27. The van der Waals surface area contributed by atoms with E-state index in [1.807, 2.05) is 0 Å². The highest BCUT2D eigenvalue weighted by atomic mass is 32.2. The molecule has 0 aliphatic rings. The molecule has 0 unspecified atom stereocenters. The van der Waals surface area contributed by atoms with E-state index in [1.54, 1.807) is 12.1 Å². The predicted molar refractivity (Wildman–Crippen MR) is 92.1 cm³/mol. The van der Waals surface area contributed by atoms with E-state index < -0.39 is 15.7 Å². The van der Waals surface area contributed by atoms with E-state index in [2.05, 4.69) is 5.32 Å². The van der Waals surface area contributed by atoms with Crippen molar-refractivity contribution in [1.82, 2.24) is 0 Å². The first kappa shape index (κ1) is 18.5. The molecule has 0 heterocycles. The van der Waals surface area contributed by atoms with Crippen molar-refractivity contribution in [3.05, 3.63) is 48.0 Å². The molecule has 0 radical (unpaired) electrons. The van der Waals surface area contributed by atoms with E-state index in [0.29, 0.717) is 29.0 Å². The highest BCUT2D eigenvalue weighted by Gasteiger charge is 2.11. The Morgan fingerprint density at radius 1 is 1.16 bits per heavy atom. The Kier molecular flexibility index (Phi) is 5.76. The van der Waals surface area contributed by atoms with Gasteiger partial charge in [0.2, 0.25) is 0 Å². The van der Waals surface area contributed by atoms with Crippen molar-refractivity contribution >= 4 is 27.7 Å². The molecule has 0 fully saturated rings. The van der Waals surface area contributed by atoms with Crippen molar-refractivity contribution < 1.29 is 27.5 Å². The van der Waals surface area contributed by atoms with E-state index in [4.69, 9.17) is 9.47 Å². The van der Waals surface area contributed by atoms with E-state index in [1.165, 1.54) is 37.4 Å². The Morgan fingerprint density at radius 3 is 2.56 bits per heavy atom. The van der Waals surface area contributed by atoms with Gasteiger partial charge in [0.1, 0.15) is 6.29 Å². The zero-order chi connectivity index (χ0) is 18.4. The van der Waals surface area contributed by atoms with Crippen LogP contribution in [-0.2, 0) is 14.6 Å². The maximum Gasteiger partial charge on any atom is 0.262 e. The van der Waals surface area contributed by atoms with Gasteiger partial charge < -0.3 is 14.8 Å². The monoisotopic (exact) mass is 363 g/mol. The molecule has 1 N–H and O–H groups in total. The Morgan fingerprint density at radius 2 is 1.92 bits per heavy atom. The standard InChI is InChI=1S/C17H17NO6S/c1-23-16-8-12(10-19)6-7-15(16)24-11-17(20)18-13-4-3-5-14(9-13)25(2,21)22/h3-10H,11H2,1-2H3,(H,18,20). The van der Waals surface area contributed by atoms with Crippen LogP contribution in [0.4, 0.5) is 5.69 Å². The van der Waals surface area contributed by atoms with Crippen LogP contribution in [0, 0.1) is 0 Å². The van der Waals surface area contributed by atoms with Gasteiger partial charge in [-0.15, -0.1) is 0 Å². The number of rotatable bonds is 7. The minimum atomic E-state index is -3.36. The molecule has 25 heavy (non-hydrogen) atoms. The number of amides is 1. The average molecular weight is 363 g/mol. The van der Waals surface area contributed by atoms with Gasteiger partial charge in [-0.25, -0.2) is 8.42 Å². The number of hydrogen-bond acceptors (Lipinski definition) is 6. The highest BCUT2D eigenvalue weighted by molar-refractivity contribution is 7.90. The lowest BCUT2D eigenvalue weighted by Crippen LogP contribution is -2.20. The second-order valence-electron chi connectivity index (χ2n) is 5.16. The maximum atomic E-state index is 12.0. The van der Waals surface area contributed by atoms with Crippen molar-refractivity contribution in [2.24, 2.45) is 0 Å². The number of nitrogens with one attached hydrogen (secondary N) is 1. The number of benzene rings is 2. The summed E-state index contributed by atoms with van der Waals surface area (Å²) in [5.41, 5.74) is 0.769. The average Bonchev–Trinajstić information content (AvgIpc) is 2.59. The fourth-order valence-corrected chi connectivity index (χ4v) is 2.69. The molecule has 0 aliphatic heterocycles. The predicted octanol–water partition coefficient (Wildman–Crippen LogP) is 1.93. The molecule has 0 aromatic heterocycles. The number of aldehydes is 1. The van der Waals surface area contributed by atoms with Gasteiger partial charge in [0.05, 0.1) is 12.0 Å². The third kappa shape index (κ3) is 5.05. The van der Waals surface area contributed by atoms with E-state index in [9.17, 15) is 18.0 Å². The fourth-order valence-electron chi connectivity index (χ4n) is 2.02. The van der Waals surface area contributed by atoms with E-state index in [0.717, 1.165) is 6.26 Å². The molecule has 0 bridgehead atoms. The Labute approximate surface area is 145 Å². The van der Waals surface area contributed by atoms with Gasteiger partial charge in [-0.2, -0.15) is 0 Å². The second-order valence-corrected chi connectivity index (χ2v) is 7.18. The molecule has 0 spiro atoms. The van der Waals surface area contributed by atoms with Crippen LogP contribution in [0.5, 0.6) is 11.5 Å². The summed E-state index contributed by atoms with van der Waals surface area (Å²) < 4.78 is 33.6. The molecule has 2 rings (SSSR count). The van der Waals surface area contributed by atoms with Crippen LogP contribution < -0.4 is 14.8 Å². The summed E-state index contributed by atoms with van der Waals surface area (Å²) in [7, 11) is -1.94. The van der Waals surface area contributed by atoms with Gasteiger partial charge in [0.25, 0.3) is 5.91 Å². The van der Waals surface area contributed by atoms with Gasteiger partial charge in [0.15, 0.2) is 27.9 Å². The lowest BCUT2D eigenvalue weighted by molar-refractivity contribution is -0.118. The number of ether oxygens (including phenoxy) is 2. The van der Waals surface area contributed by atoms with Crippen LogP contribution >= 0.6 is 0 Å². The van der Waals surface area contributed by atoms with Crippen LogP contribution in [-0.4, -0.2) is 40.6 Å². The molecular weight excluding hydrogens is 346 g/mol. The third-order valence-electron chi connectivity index (χ3n) is 3.23. The van der Waals surface area contributed by atoms with Gasteiger partial charge in [-0.05, 0) is 36.4 Å². The lowest BCUT2D eigenvalue weighted by atomic mass is 10.2. The first-order valence-corrected chi connectivity index (χ1v) is 9.08. The summed E-state index contributed by atoms with van der Waals surface area (Å²) in [5, 5.41) is 2.56. The minimum Gasteiger partial charge on any atom is -0.493 e. The lowest BCUT2D eigenvalue weighted by Gasteiger charge is -2.11. The summed E-state index contributed by atoms with van der Waals surface area (Å²) in [4.78, 5) is 22.8. The van der Waals surface area contributed by atoms with Gasteiger partial charge in [-0.3, -0.25) is 9.59 Å². The zero-order valence-corrected chi connectivity index (χ0v) is 14.5. The summed E-state index contributed by atoms with van der Waals surface area (Å²) >= 11 is 0. The van der Waals surface area contributed by atoms with Gasteiger partial charge in [-0.1, -0.05) is 6.07 Å². The molecule has 2 aromatic rings. The molecule has 132 valence electrons. The SMILES string of the molecule is COc1cc(C=O)ccc1OCC(=O)Nc1cccc(S(C)(=O)=O)c1. The Hall–Kier alpha value is -2.87. The summed E-state index contributed by atoms with van der Waals surface area (Å²) in [6.07, 6.45) is 1.76. The van der Waals surface area contributed by atoms with Crippen LogP contribution in [0.3, 0.4) is 0 Å². The van der Waals surface area contributed by atoms with Crippen LogP contribution in [0.1, 0.15) is 10.4 Å². The van der Waals surface area contributed by atoms with Crippen LogP contribution in [0.2, 0.25) is 0 Å². The molecule has 0 saturated carbocycles. The molecular formula is C17H17NO6S. The maximum absolute atomic E-state index is 12.0. The van der Waals surface area contributed by atoms with Gasteiger partial charge in [0, 0.05) is 17.5 Å². The van der Waals surface area contributed by atoms with Crippen molar-refractivity contribution in [2.75, 3.05) is 25.3 Å². The van der Waals surface area contributed by atoms with Crippen molar-refractivity contribution in [2.45, 2.75) is 4.90 Å². The van der Waals surface area contributed by atoms with E-state index >= 15 is 0 Å². The molecule has 0 aliphatic carbocycles. The molecule has 0 saturated heterocycles. The van der Waals surface area contributed by atoms with Crippen LogP contribution in [0.25, 0.3) is 0 Å². The quantitative estimate of drug-likeness (QED) is 0.755. The minimum absolute atomic E-state index is 0.109. The number of hydrogen-bond donors (Lipinski definition) is 1. The molecule has 1 amide bonds. The second kappa shape index (κ2) is 7.80. The van der Waals surface area contributed by atoms with E-state index in [-0.39, 0.29) is 11.5 Å². The summed E-state index contributed by atoms with van der Waals surface area (Å²) in [6, 6.07) is 10.5. The molecule has 2 aromatic carbocycles. The van der Waals surface area contributed by atoms with Crippen molar-refractivity contribution in [3.8, 4) is 11.5 Å². The topological polar surface area (TPSA) is 98.8 Å². The summed E-state index contributed by atoms with van der Waals surface area (Å²) in [6.45, 7) is -0.306. The summed E-state index contributed by atoms with van der Waals surface area (Å²) in [5.74, 6) is 0.178. The molecule has 7 nitrogen and oxygen atoms in total. The smallest absolute Gasteiger partial charge is 0.262 e. The Balaban J connectivity index is 2.03. The molecule has 8 heteroatoms. The number of carbonyl (C=O) groups is 2. The number of carbonyl (C=O) groups excluding carboxylic acids is 2. The first-order chi connectivity index (χ1) is 11.8. The number of anilines is 1. The zero-order valence-electron chi connectivity index (χ0n) is 13.7. The van der Waals surface area contributed by atoms with Crippen molar-refractivity contribution in [3.63, 3.8) is 0 Å². The fraction of sp³-hybridized carbons (Fsp3) is 0.176. The number of sulfone groups is 1. The van der Waals surface area contributed by atoms with Gasteiger partial charge >= 0.3 is 0 Å². The number of methoxy groups -OCH3 is 1. The Bertz CT molecular complexity index is 892. The first-order valence-electron chi connectivity index (χ1n) is 7.19. The molecule has 0 atom stereocenters. The third-order valence-corrected chi connectivity index (χ3v) is 4.34. The largest absolute Gasteiger partial charge is 0.493 e. The normalized spacial score (nSPS) is 10.8. The van der Waals surface area contributed by atoms with Crippen molar-refractivity contribution in [1.29, 1.82) is 0 Å².